The van der Waals surface area contributed by atoms with Crippen molar-refractivity contribution in [3.8, 4) is 0 Å². The van der Waals surface area contributed by atoms with Gasteiger partial charge >= 0.3 is 0 Å². The summed E-state index contributed by atoms with van der Waals surface area (Å²) in [6.07, 6.45) is 9.18. The second kappa shape index (κ2) is 8.43. The number of hydrogen-bond acceptors (Lipinski definition) is 2. The molecule has 0 spiro atoms. The van der Waals surface area contributed by atoms with Gasteiger partial charge in [0.1, 0.15) is 0 Å². The van der Waals surface area contributed by atoms with Crippen molar-refractivity contribution in [2.24, 2.45) is 0 Å². The van der Waals surface area contributed by atoms with Crippen LogP contribution in [0.15, 0.2) is 0 Å². The highest BCUT2D eigenvalue weighted by Crippen LogP contribution is 2.15. The molecule has 0 radical (unpaired) electrons. The van der Waals surface area contributed by atoms with Crippen molar-refractivity contribution in [2.75, 3.05) is 0 Å². The third kappa shape index (κ3) is 7.43. The summed E-state index contributed by atoms with van der Waals surface area (Å²) in [5.41, 5.74) is 1.25. The minimum Gasteiger partial charge on any atom is -0.289 e. The molecular weight excluding hydrogens is 130 g/mol. The first-order valence-corrected chi connectivity index (χ1v) is 3.75. The molecule has 1 aliphatic rings. The van der Waals surface area contributed by atoms with E-state index in [1.165, 1.54) is 44.0 Å². The Labute approximate surface area is 61.4 Å². The average Bonchev–Trinajstić information content (AvgIpc) is 2.08. The summed E-state index contributed by atoms with van der Waals surface area (Å²) < 4.78 is 0. The molecule has 1 rings (SSSR count). The highest BCUT2D eigenvalue weighted by atomic mass is 16.5. The van der Waals surface area contributed by atoms with E-state index in [9.17, 15) is 0 Å². The third-order valence-corrected chi connectivity index (χ3v) is 1.55. The molecule has 3 heteroatoms. The maximum Gasteiger partial charge on any atom is 0.230 e. The monoisotopic (exact) mass is 145 g/mol. The van der Waals surface area contributed by atoms with Gasteiger partial charge in [0.15, 0.2) is 0 Å². The molecule has 2 N–H and O–H groups in total. The molecule has 0 aromatic rings. The van der Waals surface area contributed by atoms with Gasteiger partial charge < -0.3 is 0 Å². The van der Waals surface area contributed by atoms with Gasteiger partial charge in [0.2, 0.25) is 6.41 Å². The lowest BCUT2D eigenvalue weighted by molar-refractivity contribution is -0.116. The topological polar surface area (TPSA) is 49.3 Å². The molecule has 1 fully saturated rings. The minimum atomic E-state index is 0.181. The Morgan fingerprint density at radius 3 is 1.30 bits per heavy atom. The van der Waals surface area contributed by atoms with Crippen molar-refractivity contribution in [1.29, 1.82) is 0 Å². The van der Waals surface area contributed by atoms with Crippen LogP contribution < -0.4 is 5.48 Å². The summed E-state index contributed by atoms with van der Waals surface area (Å²) in [6.45, 7) is 0. The Hall–Kier alpha value is -0.570. The lowest BCUT2D eigenvalue weighted by atomic mass is 10.0. The Bertz CT molecular complexity index is 60.5. The van der Waals surface area contributed by atoms with Crippen molar-refractivity contribution in [2.45, 2.75) is 38.5 Å². The van der Waals surface area contributed by atoms with Crippen LogP contribution in [0.1, 0.15) is 38.5 Å². The number of carbonyl (C=O) groups is 1. The summed E-state index contributed by atoms with van der Waals surface area (Å²) in [5.74, 6) is 0. The van der Waals surface area contributed by atoms with Gasteiger partial charge in [-0.3, -0.25) is 10.0 Å². The molecule has 1 saturated carbocycles. The van der Waals surface area contributed by atoms with Gasteiger partial charge in [-0.05, 0) is 0 Å². The molecule has 0 heterocycles. The first-order chi connectivity index (χ1) is 4.91. The van der Waals surface area contributed by atoms with Crippen LogP contribution in [0.2, 0.25) is 0 Å². The van der Waals surface area contributed by atoms with Crippen LogP contribution in [0.3, 0.4) is 0 Å². The van der Waals surface area contributed by atoms with Gasteiger partial charge in [0.25, 0.3) is 0 Å². The predicted molar refractivity (Wildman–Crippen MR) is 38.7 cm³/mol. The van der Waals surface area contributed by atoms with Gasteiger partial charge in [-0.2, -0.15) is 0 Å². The van der Waals surface area contributed by atoms with Crippen LogP contribution in [0.5, 0.6) is 0 Å². The smallest absolute Gasteiger partial charge is 0.230 e. The van der Waals surface area contributed by atoms with E-state index in [-0.39, 0.29) is 6.41 Å². The van der Waals surface area contributed by atoms with Crippen LogP contribution in [-0.4, -0.2) is 11.6 Å². The van der Waals surface area contributed by atoms with Gasteiger partial charge in [-0.1, -0.05) is 38.5 Å². The molecule has 1 aliphatic carbocycles. The molecule has 0 aromatic carbocycles. The SMILES string of the molecule is C1CCCCC1.O=CNO. The summed E-state index contributed by atoms with van der Waals surface area (Å²) in [7, 11) is 0. The Morgan fingerprint density at radius 1 is 1.00 bits per heavy atom. The lowest BCUT2D eigenvalue weighted by Gasteiger charge is -2.05. The molecule has 1 amide bonds. The van der Waals surface area contributed by atoms with Crippen molar-refractivity contribution in [1.82, 2.24) is 5.48 Å². The number of rotatable bonds is 1. The summed E-state index contributed by atoms with van der Waals surface area (Å²) in [4.78, 5) is 8.81. The van der Waals surface area contributed by atoms with E-state index in [1.807, 2.05) is 0 Å². The standard InChI is InChI=1S/C6H12.CH3NO2/c1-2-4-6-5-3-1;3-1-2-4/h1-6H2;1,4H,(H,2,3). The van der Waals surface area contributed by atoms with Crippen LogP contribution in [0.25, 0.3) is 0 Å². The third-order valence-electron chi connectivity index (χ3n) is 1.55. The van der Waals surface area contributed by atoms with Crippen molar-refractivity contribution in [3.63, 3.8) is 0 Å². The maximum absolute atomic E-state index is 8.81. The molecule has 10 heavy (non-hydrogen) atoms. The lowest BCUT2D eigenvalue weighted by Crippen LogP contribution is -1.99. The minimum absolute atomic E-state index is 0.181. The van der Waals surface area contributed by atoms with Crippen molar-refractivity contribution < 1.29 is 10.0 Å². The zero-order valence-electron chi connectivity index (χ0n) is 6.18. The van der Waals surface area contributed by atoms with Crippen LogP contribution in [0, 0.1) is 0 Å². The normalized spacial score (nSPS) is 16.5. The fraction of sp³-hybridized carbons (Fsp3) is 0.857. The highest BCUT2D eigenvalue weighted by molar-refractivity contribution is 5.43. The molecule has 3 nitrogen and oxygen atoms in total. The second-order valence-electron chi connectivity index (χ2n) is 2.37. The van der Waals surface area contributed by atoms with E-state index in [1.54, 1.807) is 0 Å². The largest absolute Gasteiger partial charge is 0.289 e. The molecule has 60 valence electrons. The molecule has 0 saturated heterocycles. The van der Waals surface area contributed by atoms with E-state index < -0.39 is 0 Å². The number of carbonyl (C=O) groups excluding carboxylic acids is 1. The van der Waals surface area contributed by atoms with Gasteiger partial charge in [0, 0.05) is 0 Å². The summed E-state index contributed by atoms with van der Waals surface area (Å²) >= 11 is 0. The molecule has 0 aromatic heterocycles. The van der Waals surface area contributed by atoms with Crippen molar-refractivity contribution in [3.05, 3.63) is 0 Å². The number of nitrogens with one attached hydrogen (secondary N) is 1. The fourth-order valence-corrected chi connectivity index (χ4v) is 1.06. The number of amides is 1. The van der Waals surface area contributed by atoms with E-state index in [4.69, 9.17) is 10.0 Å². The van der Waals surface area contributed by atoms with E-state index in [2.05, 4.69) is 0 Å². The highest BCUT2D eigenvalue weighted by Gasteiger charge is 1.95. The van der Waals surface area contributed by atoms with Crippen LogP contribution >= 0.6 is 0 Å². The fourth-order valence-electron chi connectivity index (χ4n) is 1.06. The number of hydroxylamine groups is 1. The Morgan fingerprint density at radius 2 is 1.20 bits per heavy atom. The molecular formula is C7H15NO2. The van der Waals surface area contributed by atoms with E-state index in [0.29, 0.717) is 0 Å². The van der Waals surface area contributed by atoms with Crippen molar-refractivity contribution >= 4 is 6.41 Å². The van der Waals surface area contributed by atoms with Gasteiger partial charge in [-0.15, -0.1) is 0 Å². The Balaban J connectivity index is 0.000000180. The van der Waals surface area contributed by atoms with Crippen LogP contribution in [0.4, 0.5) is 0 Å². The predicted octanol–water partition coefficient (Wildman–Crippen LogP) is 1.46. The summed E-state index contributed by atoms with van der Waals surface area (Å²) in [5, 5.41) is 7.26. The van der Waals surface area contributed by atoms with E-state index >= 15 is 0 Å². The quantitative estimate of drug-likeness (QED) is 0.333. The molecule has 0 atom stereocenters. The number of hydrogen-bond donors (Lipinski definition) is 2. The van der Waals surface area contributed by atoms with E-state index in [0.717, 1.165) is 0 Å². The zero-order chi connectivity index (χ0) is 7.66. The second-order valence-corrected chi connectivity index (χ2v) is 2.37. The first kappa shape index (κ1) is 9.43. The van der Waals surface area contributed by atoms with Gasteiger partial charge in [0.05, 0.1) is 0 Å². The average molecular weight is 145 g/mol. The summed E-state index contributed by atoms with van der Waals surface area (Å²) in [6, 6.07) is 0. The zero-order valence-corrected chi connectivity index (χ0v) is 6.18. The maximum atomic E-state index is 8.81. The first-order valence-electron chi connectivity index (χ1n) is 3.75. The van der Waals surface area contributed by atoms with Gasteiger partial charge in [-0.25, -0.2) is 5.48 Å². The van der Waals surface area contributed by atoms with Crippen LogP contribution in [-0.2, 0) is 4.79 Å². The molecule has 0 aliphatic heterocycles. The molecule has 0 bridgehead atoms. The Kier molecular flexibility index (Phi) is 7.95. The molecule has 0 unspecified atom stereocenters.